The Labute approximate surface area is 202 Å². The zero-order chi connectivity index (χ0) is 25.8. The maximum Gasteiger partial charge on any atom is 0.271 e. The first-order valence-electron chi connectivity index (χ1n) is 10.7. The van der Waals surface area contributed by atoms with Crippen molar-refractivity contribution in [2.24, 2.45) is 15.7 Å². The summed E-state index contributed by atoms with van der Waals surface area (Å²) in [6, 6.07) is 7.88. The van der Waals surface area contributed by atoms with E-state index in [9.17, 15) is 9.90 Å². The van der Waals surface area contributed by atoms with Crippen molar-refractivity contribution in [1.29, 1.82) is 0 Å². The molecule has 0 saturated heterocycles. The Bertz CT molecular complexity index is 1330. The molecule has 11 heteroatoms. The predicted octanol–water partition coefficient (Wildman–Crippen LogP) is 1.97. The van der Waals surface area contributed by atoms with Gasteiger partial charge in [0, 0.05) is 41.7 Å². The van der Waals surface area contributed by atoms with Crippen molar-refractivity contribution in [2.45, 2.75) is 26.3 Å². The summed E-state index contributed by atoms with van der Waals surface area (Å²) >= 11 is 0. The highest BCUT2D eigenvalue weighted by Gasteiger charge is 2.21. The molecule has 2 heterocycles. The van der Waals surface area contributed by atoms with Crippen molar-refractivity contribution >= 4 is 18.1 Å². The fourth-order valence-electron chi connectivity index (χ4n) is 3.10. The maximum atomic E-state index is 12.7. The largest absolute Gasteiger partial charge is 0.497 e. The Morgan fingerprint density at radius 1 is 1.20 bits per heavy atom. The van der Waals surface area contributed by atoms with Gasteiger partial charge in [-0.3, -0.25) is 9.48 Å². The van der Waals surface area contributed by atoms with E-state index in [-0.39, 0.29) is 23.7 Å². The van der Waals surface area contributed by atoms with Gasteiger partial charge in [0.25, 0.3) is 5.56 Å². The van der Waals surface area contributed by atoms with Gasteiger partial charge in [-0.2, -0.15) is 14.9 Å². The molecule has 3 aromatic rings. The molecule has 0 spiro atoms. The van der Waals surface area contributed by atoms with Gasteiger partial charge in [0.1, 0.15) is 22.9 Å². The molecule has 1 aromatic carbocycles. The summed E-state index contributed by atoms with van der Waals surface area (Å²) in [7, 11) is 3.04. The summed E-state index contributed by atoms with van der Waals surface area (Å²) in [5, 5.41) is 18.4. The fraction of sp³-hybridized carbons (Fsp3) is 0.292. The van der Waals surface area contributed by atoms with Crippen molar-refractivity contribution in [2.75, 3.05) is 20.8 Å². The SMILES string of the molecule is C=N/C(N)=C(\N=C(/C)c1cnn(C(C)(C)CO)c1)c1ccc(=O)n(-c2cc(OC)cc(OC)c2)n1. The quantitative estimate of drug-likeness (QED) is 0.447. The number of hydrogen-bond acceptors (Lipinski definition) is 9. The van der Waals surface area contributed by atoms with Gasteiger partial charge in [-0.1, -0.05) is 0 Å². The summed E-state index contributed by atoms with van der Waals surface area (Å²) in [5.41, 5.74) is 7.43. The molecule has 0 amide bonds. The molecular formula is C24H29N7O4. The van der Waals surface area contributed by atoms with Gasteiger partial charge >= 0.3 is 0 Å². The summed E-state index contributed by atoms with van der Waals surface area (Å²) in [6.07, 6.45) is 3.42. The van der Waals surface area contributed by atoms with Crippen molar-refractivity contribution in [3.05, 3.63) is 70.2 Å². The number of hydrogen-bond donors (Lipinski definition) is 2. The van der Waals surface area contributed by atoms with Crippen LogP contribution in [0, 0.1) is 0 Å². The van der Waals surface area contributed by atoms with Crippen LogP contribution < -0.4 is 20.8 Å². The predicted molar refractivity (Wildman–Crippen MR) is 134 cm³/mol. The normalized spacial score (nSPS) is 12.8. The highest BCUT2D eigenvalue weighted by molar-refractivity contribution is 6.01. The van der Waals surface area contributed by atoms with Crippen LogP contribution in [0.4, 0.5) is 0 Å². The molecule has 11 nitrogen and oxygen atoms in total. The van der Waals surface area contributed by atoms with Gasteiger partial charge < -0.3 is 20.3 Å². The van der Waals surface area contributed by atoms with Crippen LogP contribution >= 0.6 is 0 Å². The highest BCUT2D eigenvalue weighted by Crippen LogP contribution is 2.25. The maximum absolute atomic E-state index is 12.7. The second-order valence-corrected chi connectivity index (χ2v) is 8.27. The summed E-state index contributed by atoms with van der Waals surface area (Å²) < 4.78 is 13.5. The molecule has 35 heavy (non-hydrogen) atoms. The van der Waals surface area contributed by atoms with Crippen molar-refractivity contribution in [1.82, 2.24) is 19.6 Å². The van der Waals surface area contributed by atoms with E-state index in [1.165, 1.54) is 31.0 Å². The number of methoxy groups -OCH3 is 2. The first kappa shape index (κ1) is 25.4. The van der Waals surface area contributed by atoms with E-state index < -0.39 is 5.54 Å². The lowest BCUT2D eigenvalue weighted by Crippen LogP contribution is -2.30. The number of aromatic nitrogens is 4. The monoisotopic (exact) mass is 479 g/mol. The second kappa shape index (κ2) is 10.3. The lowest BCUT2D eigenvalue weighted by Gasteiger charge is -2.22. The van der Waals surface area contributed by atoms with Crippen molar-refractivity contribution in [3.63, 3.8) is 0 Å². The van der Waals surface area contributed by atoms with Crippen LogP contribution in [0.3, 0.4) is 0 Å². The van der Waals surface area contributed by atoms with Crippen LogP contribution in [0.2, 0.25) is 0 Å². The van der Waals surface area contributed by atoms with Gasteiger partial charge in [-0.15, -0.1) is 0 Å². The Hall–Kier alpha value is -4.25. The van der Waals surface area contributed by atoms with E-state index in [0.29, 0.717) is 34.2 Å². The number of ether oxygens (including phenoxy) is 2. The van der Waals surface area contributed by atoms with Crippen LogP contribution in [-0.4, -0.2) is 57.9 Å². The molecule has 0 aliphatic heterocycles. The zero-order valence-corrected chi connectivity index (χ0v) is 20.4. The number of nitrogens with zero attached hydrogens (tertiary/aromatic N) is 6. The van der Waals surface area contributed by atoms with E-state index in [0.717, 1.165) is 0 Å². The Morgan fingerprint density at radius 3 is 2.43 bits per heavy atom. The molecule has 3 rings (SSSR count). The summed E-state index contributed by atoms with van der Waals surface area (Å²) in [4.78, 5) is 21.1. The standard InChI is InChI=1S/C24H29N7O4/c1-15(16-12-27-30(13-16)24(2,3)14-32)28-22(23(25)26-4)20-7-8-21(33)31(29-20)17-9-18(34-5)11-19(10-17)35-6/h7-13,32H,4,14,25H2,1-3,5-6H3/b23-22-,28-15+. The first-order chi connectivity index (χ1) is 16.6. The van der Waals surface area contributed by atoms with Crippen LogP contribution in [0.15, 0.2) is 63.3 Å². The Balaban J connectivity index is 2.11. The Morgan fingerprint density at radius 2 is 1.86 bits per heavy atom. The van der Waals surface area contributed by atoms with Crippen LogP contribution in [-0.2, 0) is 5.54 Å². The average molecular weight is 480 g/mol. The molecule has 0 atom stereocenters. The van der Waals surface area contributed by atoms with Gasteiger partial charge in [0.2, 0.25) is 0 Å². The highest BCUT2D eigenvalue weighted by atomic mass is 16.5. The zero-order valence-electron chi connectivity index (χ0n) is 20.4. The van der Waals surface area contributed by atoms with E-state index in [1.54, 1.807) is 42.2 Å². The molecule has 184 valence electrons. The molecule has 0 fully saturated rings. The topological polar surface area (TPSA) is 142 Å². The average Bonchev–Trinajstić information content (AvgIpc) is 3.38. The fourth-order valence-corrected chi connectivity index (χ4v) is 3.10. The van der Waals surface area contributed by atoms with Gasteiger partial charge in [-0.25, -0.2) is 9.98 Å². The number of nitrogens with two attached hydrogens (primary N) is 1. The minimum Gasteiger partial charge on any atom is -0.497 e. The van der Waals surface area contributed by atoms with Crippen molar-refractivity contribution in [3.8, 4) is 17.2 Å². The third-order valence-corrected chi connectivity index (χ3v) is 5.32. The molecule has 0 saturated carbocycles. The summed E-state index contributed by atoms with van der Waals surface area (Å²) in [5.74, 6) is 1.03. The molecule has 0 unspecified atom stereocenters. The molecule has 0 aliphatic rings. The van der Waals surface area contributed by atoms with E-state index in [1.807, 2.05) is 13.8 Å². The molecule has 3 N–H and O–H groups in total. The minimum absolute atomic E-state index is 0.0355. The number of aliphatic hydroxyl groups excluding tert-OH is 1. The van der Waals surface area contributed by atoms with E-state index >= 15 is 0 Å². The smallest absolute Gasteiger partial charge is 0.271 e. The lowest BCUT2D eigenvalue weighted by atomic mass is 10.1. The van der Waals surface area contributed by atoms with E-state index in [2.05, 4.69) is 26.9 Å². The van der Waals surface area contributed by atoms with E-state index in [4.69, 9.17) is 15.2 Å². The van der Waals surface area contributed by atoms with Crippen LogP contribution in [0.5, 0.6) is 11.5 Å². The molecule has 0 bridgehead atoms. The number of benzene rings is 1. The van der Waals surface area contributed by atoms with Crippen LogP contribution in [0.1, 0.15) is 32.0 Å². The molecule has 0 aliphatic carbocycles. The van der Waals surface area contributed by atoms with Crippen LogP contribution in [0.25, 0.3) is 11.4 Å². The minimum atomic E-state index is -0.576. The molecule has 0 radical (unpaired) electrons. The van der Waals surface area contributed by atoms with Gasteiger partial charge in [-0.05, 0) is 33.6 Å². The van der Waals surface area contributed by atoms with Gasteiger partial charge in [0.15, 0.2) is 5.82 Å². The number of aliphatic hydroxyl groups is 1. The molecular weight excluding hydrogens is 450 g/mol. The third-order valence-electron chi connectivity index (χ3n) is 5.32. The second-order valence-electron chi connectivity index (χ2n) is 8.27. The first-order valence-corrected chi connectivity index (χ1v) is 10.7. The number of aliphatic imine (C=N–C) groups is 2. The Kier molecular flexibility index (Phi) is 7.50. The molecule has 2 aromatic heterocycles. The third kappa shape index (κ3) is 5.46. The van der Waals surface area contributed by atoms with Crippen molar-refractivity contribution < 1.29 is 14.6 Å². The lowest BCUT2D eigenvalue weighted by molar-refractivity contribution is 0.152. The summed E-state index contributed by atoms with van der Waals surface area (Å²) in [6.45, 7) is 8.93. The number of rotatable bonds is 9. The van der Waals surface area contributed by atoms with Gasteiger partial charge in [0.05, 0.1) is 38.2 Å².